The lowest BCUT2D eigenvalue weighted by molar-refractivity contribution is -0.121. The maximum Gasteiger partial charge on any atom is 0.269 e. The van der Waals surface area contributed by atoms with Crippen molar-refractivity contribution in [2.24, 2.45) is 4.99 Å². The maximum atomic E-state index is 13.2. The van der Waals surface area contributed by atoms with Crippen molar-refractivity contribution in [1.29, 1.82) is 0 Å². The quantitative estimate of drug-likeness (QED) is 0.283. The zero-order chi connectivity index (χ0) is 24.4. The van der Waals surface area contributed by atoms with E-state index in [4.69, 9.17) is 9.73 Å². The van der Waals surface area contributed by atoms with E-state index < -0.39 is 0 Å². The Labute approximate surface area is 214 Å². The van der Waals surface area contributed by atoms with E-state index in [0.29, 0.717) is 10.1 Å². The zero-order valence-electron chi connectivity index (χ0n) is 19.8. The molecule has 0 N–H and O–H groups in total. The third kappa shape index (κ3) is 4.74. The molecule has 2 aliphatic rings. The first-order valence-corrected chi connectivity index (χ1v) is 13.0. The number of amides is 1. The van der Waals surface area contributed by atoms with Crippen LogP contribution in [0.15, 0.2) is 92.6 Å². The molecule has 1 amide bonds. The number of methoxy groups -OCH3 is 1. The van der Waals surface area contributed by atoms with Crippen LogP contribution in [0.1, 0.15) is 18.1 Å². The van der Waals surface area contributed by atoms with Crippen molar-refractivity contribution in [1.82, 2.24) is 4.90 Å². The fourth-order valence-corrected chi connectivity index (χ4v) is 6.24. The molecule has 0 aliphatic carbocycles. The highest BCUT2D eigenvalue weighted by molar-refractivity contribution is 8.19. The largest absolute Gasteiger partial charge is 0.497 e. The van der Waals surface area contributed by atoms with Gasteiger partial charge < -0.3 is 9.64 Å². The number of nitrogens with zero attached hydrogens (tertiary/aromatic N) is 3. The minimum atomic E-state index is -0.0307. The monoisotopic (exact) mass is 499 g/mol. The number of likely N-dealkylation sites (N-methyl/N-ethyl adjacent to an activating group) is 1. The first kappa shape index (κ1) is 23.3. The Morgan fingerprint density at radius 3 is 2.34 bits per heavy atom. The summed E-state index contributed by atoms with van der Waals surface area (Å²) in [5.74, 6) is 0.776. The van der Waals surface area contributed by atoms with Crippen molar-refractivity contribution in [2.75, 3.05) is 25.6 Å². The minimum absolute atomic E-state index is 0.0307. The van der Waals surface area contributed by atoms with Crippen molar-refractivity contribution in [3.8, 4) is 5.75 Å². The Morgan fingerprint density at radius 1 is 0.943 bits per heavy atom. The van der Waals surface area contributed by atoms with E-state index >= 15 is 0 Å². The molecule has 3 aromatic carbocycles. The van der Waals surface area contributed by atoms with Gasteiger partial charge in [0.1, 0.15) is 15.7 Å². The summed E-state index contributed by atoms with van der Waals surface area (Å²) >= 11 is 3.05. The Balaban J connectivity index is 1.38. The molecule has 3 aromatic rings. The predicted molar refractivity (Wildman–Crippen MR) is 148 cm³/mol. The second kappa shape index (κ2) is 10.1. The van der Waals surface area contributed by atoms with Crippen LogP contribution in [0.5, 0.6) is 5.75 Å². The van der Waals surface area contributed by atoms with E-state index in [1.54, 1.807) is 30.8 Å². The zero-order valence-corrected chi connectivity index (χ0v) is 21.4. The van der Waals surface area contributed by atoms with E-state index in [2.05, 4.69) is 36.1 Å². The van der Waals surface area contributed by atoms with Gasteiger partial charge in [-0.2, -0.15) is 0 Å². The predicted octanol–water partition coefficient (Wildman–Crippen LogP) is 6.86. The number of ether oxygens (including phenoxy) is 1. The molecule has 2 heterocycles. The lowest BCUT2D eigenvalue weighted by Gasteiger charge is -2.19. The van der Waals surface area contributed by atoms with Crippen LogP contribution in [-0.2, 0) is 4.79 Å². The second-order valence-electron chi connectivity index (χ2n) is 8.01. The second-order valence-corrected chi connectivity index (χ2v) is 10.0. The molecule has 7 heteroatoms. The van der Waals surface area contributed by atoms with Gasteiger partial charge in [0.15, 0.2) is 5.17 Å². The number of fused-ring (bicyclic) bond motifs is 1. The summed E-state index contributed by atoms with van der Waals surface area (Å²) in [7, 11) is 3.45. The van der Waals surface area contributed by atoms with Gasteiger partial charge >= 0.3 is 0 Å². The van der Waals surface area contributed by atoms with E-state index in [-0.39, 0.29) is 5.91 Å². The molecular formula is C28H25N3O2S2. The molecular weight excluding hydrogens is 474 g/mol. The van der Waals surface area contributed by atoms with Gasteiger partial charge in [-0.1, -0.05) is 66.4 Å². The lowest BCUT2D eigenvalue weighted by atomic mass is 10.1. The average molecular weight is 500 g/mol. The molecule has 176 valence electrons. The van der Waals surface area contributed by atoms with Crippen LogP contribution in [-0.4, -0.2) is 36.7 Å². The van der Waals surface area contributed by atoms with Gasteiger partial charge in [0.2, 0.25) is 0 Å². The minimum Gasteiger partial charge on any atom is -0.497 e. The molecule has 2 aliphatic heterocycles. The van der Waals surface area contributed by atoms with Crippen LogP contribution in [0, 0.1) is 0 Å². The average Bonchev–Trinajstić information content (AvgIpc) is 3.40. The van der Waals surface area contributed by atoms with Gasteiger partial charge in [-0.25, -0.2) is 4.99 Å². The standard InChI is InChI=1S/C28H25N3O2S2/c1-4-31-23-18-22(33-3)16-17-24(23)34-27(31)25-26(32)30(2)28(35-25)29-21-14-12-20(13-15-21)11-10-19-8-6-5-7-9-19/h5-18H,4H2,1-3H3/b11-10+,27-25-,29-28?. The third-order valence-electron chi connectivity index (χ3n) is 5.78. The number of anilines is 1. The first-order valence-electron chi connectivity index (χ1n) is 11.3. The van der Waals surface area contributed by atoms with E-state index in [0.717, 1.165) is 44.7 Å². The van der Waals surface area contributed by atoms with Gasteiger partial charge in [-0.3, -0.25) is 9.69 Å². The van der Waals surface area contributed by atoms with Gasteiger partial charge in [-0.15, -0.1) is 0 Å². The molecule has 1 saturated heterocycles. The van der Waals surface area contributed by atoms with Crippen molar-refractivity contribution >= 4 is 58.1 Å². The fraction of sp³-hybridized carbons (Fsp3) is 0.143. The van der Waals surface area contributed by atoms with Gasteiger partial charge in [0, 0.05) is 24.6 Å². The van der Waals surface area contributed by atoms with Crippen molar-refractivity contribution in [3.05, 3.63) is 93.9 Å². The number of carbonyl (C=O) groups excluding carboxylic acids is 1. The van der Waals surface area contributed by atoms with E-state index in [1.807, 2.05) is 60.7 Å². The van der Waals surface area contributed by atoms with Crippen LogP contribution >= 0.6 is 23.5 Å². The smallest absolute Gasteiger partial charge is 0.269 e. The van der Waals surface area contributed by atoms with E-state index in [1.165, 1.54) is 11.8 Å². The Bertz CT molecular complexity index is 1350. The molecule has 0 aromatic heterocycles. The summed E-state index contributed by atoms with van der Waals surface area (Å²) < 4.78 is 5.41. The number of hydrogen-bond acceptors (Lipinski definition) is 6. The van der Waals surface area contributed by atoms with Crippen LogP contribution in [0.25, 0.3) is 12.2 Å². The number of amidine groups is 1. The fourth-order valence-electron chi connectivity index (χ4n) is 3.88. The van der Waals surface area contributed by atoms with Crippen molar-refractivity contribution < 1.29 is 9.53 Å². The van der Waals surface area contributed by atoms with Crippen molar-refractivity contribution in [3.63, 3.8) is 0 Å². The van der Waals surface area contributed by atoms with Crippen LogP contribution in [0.4, 0.5) is 11.4 Å². The summed E-state index contributed by atoms with van der Waals surface area (Å²) in [6.45, 7) is 2.85. The first-order chi connectivity index (χ1) is 17.1. The van der Waals surface area contributed by atoms with Crippen molar-refractivity contribution in [2.45, 2.75) is 11.8 Å². The maximum absolute atomic E-state index is 13.2. The van der Waals surface area contributed by atoms with Gasteiger partial charge in [0.25, 0.3) is 5.91 Å². The molecule has 0 atom stereocenters. The number of carbonyl (C=O) groups is 1. The van der Waals surface area contributed by atoms with E-state index in [9.17, 15) is 4.79 Å². The highest BCUT2D eigenvalue weighted by atomic mass is 32.2. The topological polar surface area (TPSA) is 45.1 Å². The molecule has 5 rings (SSSR count). The number of hydrogen-bond donors (Lipinski definition) is 0. The third-order valence-corrected chi connectivity index (χ3v) is 8.22. The van der Waals surface area contributed by atoms with Crippen LogP contribution < -0.4 is 9.64 Å². The summed E-state index contributed by atoms with van der Waals surface area (Å²) in [6.07, 6.45) is 4.17. The normalized spacial score (nSPS) is 18.7. The number of aliphatic imine (C=N–C) groups is 1. The number of benzene rings is 3. The Kier molecular flexibility index (Phi) is 6.70. The lowest BCUT2D eigenvalue weighted by Crippen LogP contribution is -2.25. The molecule has 0 radical (unpaired) electrons. The van der Waals surface area contributed by atoms with Gasteiger partial charge in [0.05, 0.1) is 18.5 Å². The Hall–Kier alpha value is -3.42. The molecule has 35 heavy (non-hydrogen) atoms. The molecule has 1 fully saturated rings. The summed E-state index contributed by atoms with van der Waals surface area (Å²) in [6, 6.07) is 24.3. The highest BCUT2D eigenvalue weighted by Crippen LogP contribution is 2.51. The summed E-state index contributed by atoms with van der Waals surface area (Å²) in [5.41, 5.74) is 4.14. The highest BCUT2D eigenvalue weighted by Gasteiger charge is 2.38. The molecule has 0 unspecified atom stereocenters. The molecule has 0 bridgehead atoms. The van der Waals surface area contributed by atoms with Gasteiger partial charge in [-0.05, 0) is 54.1 Å². The molecule has 0 saturated carbocycles. The molecule has 0 spiro atoms. The SMILES string of the molecule is CCN1/C(=C2/SC(=Nc3ccc(/C=C/c4ccccc4)cc3)N(C)C2=O)Sc2ccc(OC)cc21. The number of thioether (sulfide) groups is 2. The van der Waals surface area contributed by atoms with Crippen LogP contribution in [0.2, 0.25) is 0 Å². The Morgan fingerprint density at radius 2 is 1.66 bits per heavy atom. The van der Waals surface area contributed by atoms with Crippen LogP contribution in [0.3, 0.4) is 0 Å². The molecule has 5 nitrogen and oxygen atoms in total. The summed E-state index contributed by atoms with van der Waals surface area (Å²) in [4.78, 5) is 23.6. The summed E-state index contributed by atoms with van der Waals surface area (Å²) in [5, 5.41) is 1.62. The number of rotatable bonds is 5.